The second-order valence-electron chi connectivity index (χ2n) is 3.19. The van der Waals surface area contributed by atoms with Crippen LogP contribution in [0.3, 0.4) is 0 Å². The number of amides is 3. The van der Waals surface area contributed by atoms with Crippen molar-refractivity contribution in [1.29, 1.82) is 0 Å². The van der Waals surface area contributed by atoms with Crippen molar-refractivity contribution in [2.45, 2.75) is 6.42 Å². The lowest BCUT2D eigenvalue weighted by atomic mass is 10.3. The van der Waals surface area contributed by atoms with Gasteiger partial charge in [0.15, 0.2) is 5.82 Å². The number of imide groups is 1. The Morgan fingerprint density at radius 2 is 1.94 bits per heavy atom. The summed E-state index contributed by atoms with van der Waals surface area (Å²) in [6, 6.07) is 0.417. The monoisotopic (exact) mass is 296 g/mol. The van der Waals surface area contributed by atoms with Gasteiger partial charge in [-0.1, -0.05) is 11.6 Å². The number of nitrogens with one attached hydrogen (secondary N) is 2. The van der Waals surface area contributed by atoms with Gasteiger partial charge < -0.3 is 5.32 Å². The zero-order chi connectivity index (χ0) is 13.7. The highest BCUT2D eigenvalue weighted by Gasteiger charge is 2.14. The molecule has 0 unspecified atom stereocenters. The number of rotatable bonds is 3. The smallest absolute Gasteiger partial charge is 0.304 e. The van der Waals surface area contributed by atoms with E-state index in [0.717, 1.165) is 6.07 Å². The normalized spacial score (nSPS) is 10.0. The molecule has 8 heteroatoms. The van der Waals surface area contributed by atoms with Crippen molar-refractivity contribution in [3.63, 3.8) is 0 Å². The third-order valence-electron chi connectivity index (χ3n) is 1.82. The molecule has 1 aromatic rings. The molecule has 0 fully saturated rings. The Balaban J connectivity index is 2.73. The molecule has 1 aromatic carbocycles. The van der Waals surface area contributed by atoms with E-state index in [0.29, 0.717) is 6.07 Å². The van der Waals surface area contributed by atoms with E-state index < -0.39 is 29.3 Å². The maximum Gasteiger partial charge on any atom is 0.326 e. The Labute approximate surface area is 111 Å². The molecular formula is C10H8Cl2F2N2O2. The third-order valence-corrected chi connectivity index (χ3v) is 2.31. The minimum absolute atomic E-state index is 0.0464. The topological polar surface area (TPSA) is 58.2 Å². The van der Waals surface area contributed by atoms with E-state index in [1.54, 1.807) is 0 Å². The fourth-order valence-corrected chi connectivity index (χ4v) is 1.49. The van der Waals surface area contributed by atoms with Gasteiger partial charge >= 0.3 is 6.03 Å². The third kappa shape index (κ3) is 4.12. The summed E-state index contributed by atoms with van der Waals surface area (Å²) in [6.07, 6.45) is -0.0609. The molecule has 0 saturated heterocycles. The molecule has 0 aliphatic heterocycles. The van der Waals surface area contributed by atoms with E-state index in [9.17, 15) is 18.4 Å². The van der Waals surface area contributed by atoms with Crippen molar-refractivity contribution in [2.75, 3.05) is 11.2 Å². The highest BCUT2D eigenvalue weighted by molar-refractivity contribution is 6.33. The fraction of sp³-hybridized carbons (Fsp3) is 0.200. The largest absolute Gasteiger partial charge is 0.326 e. The predicted molar refractivity (Wildman–Crippen MR) is 63.9 cm³/mol. The van der Waals surface area contributed by atoms with Crippen molar-refractivity contribution in [2.24, 2.45) is 0 Å². The van der Waals surface area contributed by atoms with Crippen molar-refractivity contribution in [1.82, 2.24) is 5.32 Å². The van der Waals surface area contributed by atoms with Gasteiger partial charge in [0.2, 0.25) is 5.91 Å². The van der Waals surface area contributed by atoms with Crippen molar-refractivity contribution in [3.05, 3.63) is 28.8 Å². The number of halogens is 4. The van der Waals surface area contributed by atoms with Crippen LogP contribution < -0.4 is 10.6 Å². The van der Waals surface area contributed by atoms with Crippen LogP contribution >= 0.6 is 23.2 Å². The number of alkyl halides is 1. The molecule has 2 N–H and O–H groups in total. The first-order valence-electron chi connectivity index (χ1n) is 4.75. The summed E-state index contributed by atoms with van der Waals surface area (Å²) in [5.74, 6) is -2.49. The predicted octanol–water partition coefficient (Wildman–Crippen LogP) is 2.90. The molecule has 0 aromatic heterocycles. The minimum Gasteiger partial charge on any atom is -0.304 e. The van der Waals surface area contributed by atoms with Gasteiger partial charge in [-0.25, -0.2) is 13.6 Å². The van der Waals surface area contributed by atoms with E-state index in [1.165, 1.54) is 0 Å². The average Bonchev–Trinajstić information content (AvgIpc) is 2.23. The van der Waals surface area contributed by atoms with Crippen LogP contribution in [0, 0.1) is 11.6 Å². The van der Waals surface area contributed by atoms with Gasteiger partial charge in [-0.15, -0.1) is 11.6 Å². The summed E-state index contributed by atoms with van der Waals surface area (Å²) >= 11 is 10.8. The Bertz CT molecular complexity index is 460. The highest BCUT2D eigenvalue weighted by Crippen LogP contribution is 2.26. The lowest BCUT2D eigenvalue weighted by molar-refractivity contribution is -0.119. The lowest BCUT2D eigenvalue weighted by Crippen LogP contribution is -2.34. The first-order chi connectivity index (χ1) is 8.43. The molecule has 0 spiro atoms. The number of carbonyl (C=O) groups is 2. The second-order valence-corrected chi connectivity index (χ2v) is 3.97. The van der Waals surface area contributed by atoms with Crippen molar-refractivity contribution in [3.8, 4) is 0 Å². The number of benzene rings is 1. The Hall–Kier alpha value is -1.40. The summed E-state index contributed by atoms with van der Waals surface area (Å²) in [5, 5.41) is 3.60. The first kappa shape index (κ1) is 14.7. The quantitative estimate of drug-likeness (QED) is 0.843. The summed E-state index contributed by atoms with van der Waals surface area (Å²) in [5.41, 5.74) is -0.408. The van der Waals surface area contributed by atoms with Gasteiger partial charge in [0.1, 0.15) is 5.82 Å². The van der Waals surface area contributed by atoms with Gasteiger partial charge in [0.05, 0.1) is 10.7 Å². The van der Waals surface area contributed by atoms with Crippen LogP contribution in [0.2, 0.25) is 5.02 Å². The summed E-state index contributed by atoms with van der Waals surface area (Å²) in [6.45, 7) is 0. The molecular weight excluding hydrogens is 289 g/mol. The molecule has 0 aliphatic rings. The molecule has 18 heavy (non-hydrogen) atoms. The number of hydrogen-bond acceptors (Lipinski definition) is 2. The van der Waals surface area contributed by atoms with Gasteiger partial charge in [-0.2, -0.15) is 0 Å². The number of urea groups is 1. The van der Waals surface area contributed by atoms with E-state index >= 15 is 0 Å². The van der Waals surface area contributed by atoms with Gasteiger partial charge in [-0.05, 0) is 6.07 Å². The van der Waals surface area contributed by atoms with Crippen LogP contribution in [0.25, 0.3) is 0 Å². The molecule has 4 nitrogen and oxygen atoms in total. The molecule has 0 saturated carbocycles. The molecule has 3 amide bonds. The summed E-state index contributed by atoms with van der Waals surface area (Å²) in [7, 11) is 0. The van der Waals surface area contributed by atoms with Crippen molar-refractivity contribution < 1.29 is 18.4 Å². The standard InChI is InChI=1S/C10H8Cl2F2N2O2/c11-2-1-8(17)15-10(18)16-9-6(12)3-5(13)4-7(9)14/h3-4H,1-2H2,(H2,15,16,17,18). The zero-order valence-electron chi connectivity index (χ0n) is 8.90. The maximum absolute atomic E-state index is 13.3. The van der Waals surface area contributed by atoms with E-state index in [2.05, 4.69) is 0 Å². The molecule has 0 radical (unpaired) electrons. The van der Waals surface area contributed by atoms with Gasteiger partial charge in [0, 0.05) is 18.4 Å². The first-order valence-corrected chi connectivity index (χ1v) is 5.66. The highest BCUT2D eigenvalue weighted by atomic mass is 35.5. The fourth-order valence-electron chi connectivity index (χ4n) is 1.08. The van der Waals surface area contributed by atoms with Gasteiger partial charge in [0.25, 0.3) is 0 Å². The van der Waals surface area contributed by atoms with E-state index in [4.69, 9.17) is 23.2 Å². The summed E-state index contributed by atoms with van der Waals surface area (Å²) in [4.78, 5) is 22.3. The number of carbonyl (C=O) groups excluding carboxylic acids is 2. The maximum atomic E-state index is 13.3. The minimum atomic E-state index is -1.04. The van der Waals surface area contributed by atoms with Crippen LogP contribution in [-0.2, 0) is 4.79 Å². The molecule has 0 aliphatic carbocycles. The average molecular weight is 297 g/mol. The van der Waals surface area contributed by atoms with Crippen molar-refractivity contribution >= 4 is 40.8 Å². The molecule has 98 valence electrons. The second kappa shape index (κ2) is 6.51. The number of hydrogen-bond donors (Lipinski definition) is 2. The van der Waals surface area contributed by atoms with Gasteiger partial charge in [-0.3, -0.25) is 10.1 Å². The lowest BCUT2D eigenvalue weighted by Gasteiger charge is -2.09. The van der Waals surface area contributed by atoms with E-state index in [-0.39, 0.29) is 17.3 Å². The van der Waals surface area contributed by atoms with Crippen LogP contribution in [-0.4, -0.2) is 17.8 Å². The molecule has 0 atom stereocenters. The SMILES string of the molecule is O=C(CCCl)NC(=O)Nc1c(F)cc(F)cc1Cl. The summed E-state index contributed by atoms with van der Waals surface area (Å²) < 4.78 is 26.0. The van der Waals surface area contributed by atoms with Crippen LogP contribution in [0.1, 0.15) is 6.42 Å². The molecule has 0 bridgehead atoms. The Kier molecular flexibility index (Phi) is 5.30. The Morgan fingerprint density at radius 1 is 1.28 bits per heavy atom. The molecule has 1 rings (SSSR count). The van der Waals surface area contributed by atoms with Crippen LogP contribution in [0.15, 0.2) is 12.1 Å². The zero-order valence-corrected chi connectivity index (χ0v) is 10.4. The molecule has 0 heterocycles. The van der Waals surface area contributed by atoms with Crippen LogP contribution in [0.5, 0.6) is 0 Å². The van der Waals surface area contributed by atoms with Crippen LogP contribution in [0.4, 0.5) is 19.3 Å². The number of anilines is 1. The van der Waals surface area contributed by atoms with E-state index in [1.807, 2.05) is 10.6 Å². The Morgan fingerprint density at radius 3 is 2.50 bits per heavy atom.